The zero-order chi connectivity index (χ0) is 23.9. The molecule has 4 rings (SSSR count). The molecule has 1 atom stereocenters. The van der Waals surface area contributed by atoms with Crippen molar-refractivity contribution in [2.45, 2.75) is 44.9 Å². The van der Waals surface area contributed by atoms with Gasteiger partial charge in [-0.15, -0.1) is 10.2 Å². The van der Waals surface area contributed by atoms with Crippen molar-refractivity contribution in [2.24, 2.45) is 5.92 Å². The summed E-state index contributed by atoms with van der Waals surface area (Å²) in [4.78, 5) is 16.9. The molecule has 0 fully saturated rings. The minimum absolute atomic E-state index is 0.0563. The first-order chi connectivity index (χ1) is 16.5. The lowest BCUT2D eigenvalue weighted by atomic mass is 10.00. The number of pyridine rings is 1. The fourth-order valence-corrected chi connectivity index (χ4v) is 4.46. The first-order valence-electron chi connectivity index (χ1n) is 11.4. The molecule has 0 saturated heterocycles. The van der Waals surface area contributed by atoms with E-state index < -0.39 is 0 Å². The van der Waals surface area contributed by atoms with E-state index in [9.17, 15) is 4.79 Å². The molecule has 0 saturated carbocycles. The summed E-state index contributed by atoms with van der Waals surface area (Å²) in [7, 11) is 0. The SMILES string of the molecule is CC(C)Cc1ccc(C(C)NC(=O)CSc2nnc(-c3cccnc3)n2Cc2ccco2)cc1. The van der Waals surface area contributed by atoms with Crippen molar-refractivity contribution in [3.05, 3.63) is 84.1 Å². The highest BCUT2D eigenvalue weighted by molar-refractivity contribution is 7.99. The van der Waals surface area contributed by atoms with E-state index in [1.54, 1.807) is 18.7 Å². The van der Waals surface area contributed by atoms with Crippen molar-refractivity contribution in [2.75, 3.05) is 5.75 Å². The number of aromatic nitrogens is 4. The minimum atomic E-state index is -0.0758. The molecular weight excluding hydrogens is 446 g/mol. The molecular formula is C26H29N5O2S. The average Bonchev–Trinajstić information content (AvgIpc) is 3.49. The Kier molecular flexibility index (Phi) is 7.80. The molecule has 0 aliphatic heterocycles. The summed E-state index contributed by atoms with van der Waals surface area (Å²) in [5.74, 6) is 2.26. The fourth-order valence-electron chi connectivity index (χ4n) is 3.72. The van der Waals surface area contributed by atoms with Gasteiger partial charge in [0, 0.05) is 18.0 Å². The number of rotatable bonds is 10. The van der Waals surface area contributed by atoms with Gasteiger partial charge in [0.25, 0.3) is 0 Å². The van der Waals surface area contributed by atoms with Crippen molar-refractivity contribution >= 4 is 17.7 Å². The number of hydrogen-bond donors (Lipinski definition) is 1. The number of furan rings is 1. The van der Waals surface area contributed by atoms with Crippen molar-refractivity contribution in [1.29, 1.82) is 0 Å². The number of amides is 1. The van der Waals surface area contributed by atoms with Crippen LogP contribution in [0, 0.1) is 5.92 Å². The summed E-state index contributed by atoms with van der Waals surface area (Å²) in [6.45, 7) is 6.89. The highest BCUT2D eigenvalue weighted by Gasteiger charge is 2.18. The van der Waals surface area contributed by atoms with Crippen molar-refractivity contribution < 1.29 is 9.21 Å². The predicted octanol–water partition coefficient (Wildman–Crippen LogP) is 5.15. The van der Waals surface area contributed by atoms with Gasteiger partial charge in [0.2, 0.25) is 5.91 Å². The molecule has 3 aromatic heterocycles. The first kappa shape index (κ1) is 23.8. The Bertz CT molecular complexity index is 1190. The van der Waals surface area contributed by atoms with E-state index in [0.717, 1.165) is 23.3 Å². The van der Waals surface area contributed by atoms with Gasteiger partial charge in [-0.05, 0) is 54.7 Å². The van der Waals surface area contributed by atoms with Crippen LogP contribution in [-0.2, 0) is 17.8 Å². The van der Waals surface area contributed by atoms with Gasteiger partial charge < -0.3 is 9.73 Å². The van der Waals surface area contributed by atoms with E-state index in [2.05, 4.69) is 58.6 Å². The average molecular weight is 476 g/mol. The number of benzene rings is 1. The Balaban J connectivity index is 1.41. The summed E-state index contributed by atoms with van der Waals surface area (Å²) < 4.78 is 7.48. The molecule has 34 heavy (non-hydrogen) atoms. The third kappa shape index (κ3) is 6.14. The van der Waals surface area contributed by atoms with Crippen LogP contribution < -0.4 is 5.32 Å². The Morgan fingerprint density at radius 1 is 1.09 bits per heavy atom. The second-order valence-electron chi connectivity index (χ2n) is 8.63. The van der Waals surface area contributed by atoms with Crippen LogP contribution in [0.25, 0.3) is 11.4 Å². The monoisotopic (exact) mass is 475 g/mol. The van der Waals surface area contributed by atoms with Gasteiger partial charge in [0.15, 0.2) is 11.0 Å². The Morgan fingerprint density at radius 3 is 2.59 bits per heavy atom. The van der Waals surface area contributed by atoms with E-state index in [0.29, 0.717) is 23.4 Å². The molecule has 7 nitrogen and oxygen atoms in total. The predicted molar refractivity (Wildman–Crippen MR) is 133 cm³/mol. The first-order valence-corrected chi connectivity index (χ1v) is 12.3. The van der Waals surface area contributed by atoms with E-state index >= 15 is 0 Å². The molecule has 1 amide bonds. The van der Waals surface area contributed by atoms with Crippen LogP contribution in [0.5, 0.6) is 0 Å². The van der Waals surface area contributed by atoms with Gasteiger partial charge in [-0.25, -0.2) is 0 Å². The highest BCUT2D eigenvalue weighted by atomic mass is 32.2. The number of carbonyl (C=O) groups excluding carboxylic acids is 1. The molecule has 176 valence electrons. The molecule has 0 aliphatic rings. The van der Waals surface area contributed by atoms with Gasteiger partial charge >= 0.3 is 0 Å². The molecule has 1 N–H and O–H groups in total. The summed E-state index contributed by atoms with van der Waals surface area (Å²) in [5, 5.41) is 12.4. The van der Waals surface area contributed by atoms with Crippen LogP contribution in [0.2, 0.25) is 0 Å². The number of nitrogens with one attached hydrogen (secondary N) is 1. The molecule has 0 aliphatic carbocycles. The number of thioether (sulfide) groups is 1. The molecule has 4 aromatic rings. The Labute approximate surface area is 204 Å². The van der Waals surface area contributed by atoms with Crippen LogP contribution in [-0.4, -0.2) is 31.4 Å². The van der Waals surface area contributed by atoms with E-state index in [4.69, 9.17) is 4.42 Å². The molecule has 0 radical (unpaired) electrons. The Hall–Kier alpha value is -3.39. The lowest BCUT2D eigenvalue weighted by Gasteiger charge is -2.15. The second-order valence-corrected chi connectivity index (χ2v) is 9.57. The number of carbonyl (C=O) groups is 1. The molecule has 0 bridgehead atoms. The molecule has 0 spiro atoms. The maximum Gasteiger partial charge on any atom is 0.230 e. The Morgan fingerprint density at radius 2 is 1.91 bits per heavy atom. The maximum absolute atomic E-state index is 12.7. The van der Waals surface area contributed by atoms with Gasteiger partial charge in [-0.2, -0.15) is 0 Å². The second kappa shape index (κ2) is 11.2. The van der Waals surface area contributed by atoms with Crippen LogP contribution in [0.3, 0.4) is 0 Å². The quantitative estimate of drug-likeness (QED) is 0.319. The van der Waals surface area contributed by atoms with Gasteiger partial charge in [-0.1, -0.05) is 49.9 Å². The summed E-state index contributed by atoms with van der Waals surface area (Å²) in [5.41, 5.74) is 3.26. The molecule has 1 unspecified atom stereocenters. The van der Waals surface area contributed by atoms with Crippen molar-refractivity contribution in [3.63, 3.8) is 0 Å². The zero-order valence-electron chi connectivity index (χ0n) is 19.6. The summed E-state index contributed by atoms with van der Waals surface area (Å²) in [6, 6.07) is 15.9. The standard InChI is InChI=1S/C26H29N5O2S/c1-18(2)14-20-8-10-21(11-9-20)19(3)28-24(32)17-34-26-30-29-25(22-6-4-12-27-15-22)31(26)16-23-7-5-13-33-23/h4-13,15,18-19H,14,16-17H2,1-3H3,(H,28,32). The molecule has 3 heterocycles. The van der Waals surface area contributed by atoms with Crippen molar-refractivity contribution in [1.82, 2.24) is 25.1 Å². The maximum atomic E-state index is 12.7. The lowest BCUT2D eigenvalue weighted by Crippen LogP contribution is -2.28. The number of hydrogen-bond acceptors (Lipinski definition) is 6. The zero-order valence-corrected chi connectivity index (χ0v) is 20.5. The number of nitrogens with zero attached hydrogens (tertiary/aromatic N) is 4. The van der Waals surface area contributed by atoms with Gasteiger partial charge in [-0.3, -0.25) is 14.3 Å². The van der Waals surface area contributed by atoms with Crippen molar-refractivity contribution in [3.8, 4) is 11.4 Å². The normalized spacial score (nSPS) is 12.1. The van der Waals surface area contributed by atoms with E-state index in [1.807, 2.05) is 35.8 Å². The minimum Gasteiger partial charge on any atom is -0.467 e. The third-order valence-electron chi connectivity index (χ3n) is 5.36. The highest BCUT2D eigenvalue weighted by Crippen LogP contribution is 2.25. The summed E-state index contributed by atoms with van der Waals surface area (Å²) in [6.07, 6.45) is 6.16. The topological polar surface area (TPSA) is 85.8 Å². The van der Waals surface area contributed by atoms with Gasteiger partial charge in [0.05, 0.1) is 24.6 Å². The molecule has 1 aromatic carbocycles. The van der Waals surface area contributed by atoms with E-state index in [-0.39, 0.29) is 17.7 Å². The molecule has 8 heteroatoms. The van der Waals surface area contributed by atoms with Gasteiger partial charge in [0.1, 0.15) is 5.76 Å². The fraction of sp³-hybridized carbons (Fsp3) is 0.308. The largest absolute Gasteiger partial charge is 0.467 e. The summed E-state index contributed by atoms with van der Waals surface area (Å²) >= 11 is 1.35. The van der Waals surface area contributed by atoms with Crippen LogP contribution in [0.1, 0.15) is 43.7 Å². The lowest BCUT2D eigenvalue weighted by molar-refractivity contribution is -0.119. The van der Waals surface area contributed by atoms with Crippen LogP contribution in [0.15, 0.2) is 76.8 Å². The van der Waals surface area contributed by atoms with Crippen LogP contribution >= 0.6 is 11.8 Å². The third-order valence-corrected chi connectivity index (χ3v) is 6.33. The van der Waals surface area contributed by atoms with Crippen LogP contribution in [0.4, 0.5) is 0 Å². The van der Waals surface area contributed by atoms with E-state index in [1.165, 1.54) is 17.3 Å². The smallest absolute Gasteiger partial charge is 0.230 e.